The molecule has 1 atom stereocenters. The summed E-state index contributed by atoms with van der Waals surface area (Å²) in [4.78, 5) is 14.5. The SMILES string of the molecule is O=[N+]([O-])C[C@@H](c1cc(Br)ccc1OCc1ccc(Cl)c(Cl)c1)c1c[nH]c2ccccc12. The van der Waals surface area contributed by atoms with Gasteiger partial charge < -0.3 is 9.72 Å². The number of rotatable bonds is 7. The minimum Gasteiger partial charge on any atom is -0.489 e. The molecule has 0 saturated carbocycles. The van der Waals surface area contributed by atoms with Crippen LogP contribution in [0, 0.1) is 10.1 Å². The molecule has 31 heavy (non-hydrogen) atoms. The number of hydrogen-bond donors (Lipinski definition) is 1. The number of halogens is 3. The van der Waals surface area contributed by atoms with Crippen LogP contribution in [0.4, 0.5) is 0 Å². The first kappa shape index (κ1) is 21.7. The maximum Gasteiger partial charge on any atom is 0.214 e. The first-order valence-corrected chi connectivity index (χ1v) is 11.0. The standard InChI is InChI=1S/C23H17BrCl2N2O3/c24-15-6-8-23(31-13-14-5-7-20(25)21(26)9-14)17(10-15)19(12-28(29)30)18-11-27-22-4-2-1-3-16(18)22/h1-11,19,27H,12-13H2/t19-/m0/s1. The first-order chi connectivity index (χ1) is 14.9. The van der Waals surface area contributed by atoms with Gasteiger partial charge in [-0.25, -0.2) is 0 Å². The Balaban J connectivity index is 1.73. The third kappa shape index (κ3) is 4.87. The summed E-state index contributed by atoms with van der Waals surface area (Å²) in [5.41, 5.74) is 3.36. The van der Waals surface area contributed by atoms with Crippen LogP contribution in [-0.4, -0.2) is 16.5 Å². The fourth-order valence-corrected chi connectivity index (χ4v) is 4.31. The summed E-state index contributed by atoms with van der Waals surface area (Å²) in [7, 11) is 0. The maximum atomic E-state index is 11.6. The molecule has 0 amide bonds. The van der Waals surface area contributed by atoms with Gasteiger partial charge in [-0.15, -0.1) is 0 Å². The number of aromatic amines is 1. The molecule has 0 saturated heterocycles. The van der Waals surface area contributed by atoms with Crippen LogP contribution in [-0.2, 0) is 6.61 Å². The van der Waals surface area contributed by atoms with Gasteiger partial charge in [-0.2, -0.15) is 0 Å². The van der Waals surface area contributed by atoms with E-state index in [0.717, 1.165) is 32.1 Å². The lowest BCUT2D eigenvalue weighted by Gasteiger charge is -2.18. The molecule has 1 aromatic heterocycles. The minimum atomic E-state index is -0.493. The highest BCUT2D eigenvalue weighted by Gasteiger charge is 2.26. The molecule has 1 N–H and O–H groups in total. The van der Waals surface area contributed by atoms with E-state index in [9.17, 15) is 10.1 Å². The summed E-state index contributed by atoms with van der Waals surface area (Å²) >= 11 is 15.6. The van der Waals surface area contributed by atoms with Crippen molar-refractivity contribution in [2.75, 3.05) is 6.54 Å². The number of hydrogen-bond acceptors (Lipinski definition) is 3. The number of nitrogens with one attached hydrogen (secondary N) is 1. The summed E-state index contributed by atoms with van der Waals surface area (Å²) in [6.07, 6.45) is 1.84. The lowest BCUT2D eigenvalue weighted by Crippen LogP contribution is -2.15. The fourth-order valence-electron chi connectivity index (χ4n) is 3.61. The van der Waals surface area contributed by atoms with Crippen LogP contribution in [0.2, 0.25) is 10.0 Å². The highest BCUT2D eigenvalue weighted by molar-refractivity contribution is 9.10. The number of ether oxygens (including phenoxy) is 1. The number of fused-ring (bicyclic) bond motifs is 1. The molecule has 0 aliphatic heterocycles. The molecular formula is C23H17BrCl2N2O3. The smallest absolute Gasteiger partial charge is 0.214 e. The molecule has 0 aliphatic carbocycles. The van der Waals surface area contributed by atoms with Crippen molar-refractivity contribution in [3.8, 4) is 5.75 Å². The zero-order valence-corrected chi connectivity index (χ0v) is 19.2. The van der Waals surface area contributed by atoms with Crippen molar-refractivity contribution in [3.05, 3.63) is 108 Å². The van der Waals surface area contributed by atoms with Gasteiger partial charge in [-0.1, -0.05) is 63.4 Å². The molecule has 0 fully saturated rings. The summed E-state index contributed by atoms with van der Waals surface area (Å²) in [6.45, 7) is -0.00791. The Bertz CT molecular complexity index is 1260. The lowest BCUT2D eigenvalue weighted by molar-refractivity contribution is -0.481. The molecule has 0 unspecified atom stereocenters. The summed E-state index contributed by atoms with van der Waals surface area (Å²) in [6, 6.07) is 18.6. The zero-order valence-electron chi connectivity index (χ0n) is 16.1. The van der Waals surface area contributed by atoms with Gasteiger partial charge in [0.1, 0.15) is 12.4 Å². The summed E-state index contributed by atoms with van der Waals surface area (Å²) in [5.74, 6) is 0.0823. The average Bonchev–Trinajstić information content (AvgIpc) is 3.17. The third-order valence-corrected chi connectivity index (χ3v) is 6.29. The predicted octanol–water partition coefficient (Wildman–Crippen LogP) is 7.22. The molecule has 4 rings (SSSR count). The van der Waals surface area contributed by atoms with Crippen molar-refractivity contribution in [1.29, 1.82) is 0 Å². The molecule has 0 radical (unpaired) electrons. The molecule has 0 bridgehead atoms. The Kier molecular flexibility index (Phi) is 6.51. The number of para-hydroxylation sites is 1. The van der Waals surface area contributed by atoms with Gasteiger partial charge in [0.2, 0.25) is 6.54 Å². The Morgan fingerprint density at radius 2 is 1.84 bits per heavy atom. The Morgan fingerprint density at radius 1 is 1.03 bits per heavy atom. The van der Waals surface area contributed by atoms with Gasteiger partial charge in [0.05, 0.1) is 16.0 Å². The van der Waals surface area contributed by atoms with Crippen LogP contribution in [0.1, 0.15) is 22.6 Å². The number of aromatic nitrogens is 1. The second-order valence-electron chi connectivity index (χ2n) is 7.08. The largest absolute Gasteiger partial charge is 0.489 e. The van der Waals surface area contributed by atoms with Gasteiger partial charge in [0.25, 0.3) is 0 Å². The molecular weight excluding hydrogens is 503 g/mol. The molecule has 5 nitrogen and oxygen atoms in total. The van der Waals surface area contributed by atoms with Crippen LogP contribution < -0.4 is 4.74 Å². The molecule has 1 heterocycles. The maximum absolute atomic E-state index is 11.6. The van der Waals surface area contributed by atoms with Crippen molar-refractivity contribution in [2.24, 2.45) is 0 Å². The normalized spacial score (nSPS) is 12.1. The summed E-state index contributed by atoms with van der Waals surface area (Å²) < 4.78 is 6.91. The van der Waals surface area contributed by atoms with E-state index in [0.29, 0.717) is 15.8 Å². The van der Waals surface area contributed by atoms with Gasteiger partial charge >= 0.3 is 0 Å². The minimum absolute atomic E-state index is 0.255. The van der Waals surface area contributed by atoms with Crippen molar-refractivity contribution < 1.29 is 9.66 Å². The highest BCUT2D eigenvalue weighted by atomic mass is 79.9. The second-order valence-corrected chi connectivity index (χ2v) is 8.81. The fraction of sp³-hybridized carbons (Fsp3) is 0.130. The zero-order chi connectivity index (χ0) is 22.0. The molecule has 0 aliphatic rings. The number of H-pyrrole nitrogens is 1. The number of nitrogens with zero attached hydrogens (tertiary/aromatic N) is 1. The predicted molar refractivity (Wildman–Crippen MR) is 127 cm³/mol. The Hall–Kier alpha value is -2.54. The van der Waals surface area contributed by atoms with E-state index in [4.69, 9.17) is 27.9 Å². The number of benzene rings is 3. The topological polar surface area (TPSA) is 68.2 Å². The number of nitro groups is 1. The highest BCUT2D eigenvalue weighted by Crippen LogP contribution is 2.38. The third-order valence-electron chi connectivity index (χ3n) is 5.05. The van der Waals surface area contributed by atoms with E-state index in [1.165, 1.54) is 0 Å². The molecule has 4 aromatic rings. The van der Waals surface area contributed by atoms with E-state index in [-0.39, 0.29) is 18.1 Å². The van der Waals surface area contributed by atoms with Crippen LogP contribution >= 0.6 is 39.1 Å². The van der Waals surface area contributed by atoms with Gasteiger partial charge in [0, 0.05) is 32.1 Å². The average molecular weight is 520 g/mol. The summed E-state index contributed by atoms with van der Waals surface area (Å²) in [5, 5.41) is 13.4. The van der Waals surface area contributed by atoms with Crippen LogP contribution in [0.25, 0.3) is 10.9 Å². The Labute approximate surface area is 197 Å². The first-order valence-electron chi connectivity index (χ1n) is 9.46. The van der Waals surface area contributed by atoms with E-state index >= 15 is 0 Å². The Morgan fingerprint density at radius 3 is 2.61 bits per heavy atom. The monoisotopic (exact) mass is 518 g/mol. The van der Waals surface area contributed by atoms with Crippen LogP contribution in [0.3, 0.4) is 0 Å². The molecule has 158 valence electrons. The molecule has 3 aromatic carbocycles. The van der Waals surface area contributed by atoms with E-state index < -0.39 is 5.92 Å². The van der Waals surface area contributed by atoms with E-state index in [1.807, 2.05) is 54.7 Å². The van der Waals surface area contributed by atoms with Crippen molar-refractivity contribution in [1.82, 2.24) is 4.98 Å². The quantitative estimate of drug-likeness (QED) is 0.207. The molecule has 8 heteroatoms. The van der Waals surface area contributed by atoms with Crippen molar-refractivity contribution in [3.63, 3.8) is 0 Å². The lowest BCUT2D eigenvalue weighted by atomic mass is 9.90. The van der Waals surface area contributed by atoms with Crippen molar-refractivity contribution in [2.45, 2.75) is 12.5 Å². The second kappa shape index (κ2) is 9.30. The molecule has 0 spiro atoms. The van der Waals surface area contributed by atoms with E-state index in [2.05, 4.69) is 20.9 Å². The van der Waals surface area contributed by atoms with Crippen LogP contribution in [0.5, 0.6) is 5.75 Å². The van der Waals surface area contributed by atoms with Crippen LogP contribution in [0.15, 0.2) is 71.3 Å². The van der Waals surface area contributed by atoms with Gasteiger partial charge in [-0.3, -0.25) is 10.1 Å². The van der Waals surface area contributed by atoms with Gasteiger partial charge in [-0.05, 0) is 47.5 Å². The van der Waals surface area contributed by atoms with Gasteiger partial charge in [0.15, 0.2) is 0 Å². The van der Waals surface area contributed by atoms with E-state index in [1.54, 1.807) is 12.1 Å². The van der Waals surface area contributed by atoms with Crippen molar-refractivity contribution >= 4 is 50.0 Å².